The Kier molecular flexibility index (Phi) is 12.4. The number of aromatic nitrogens is 4. The number of unbranched alkanes of at least 4 members (excludes halogenated alkanes) is 1. The lowest BCUT2D eigenvalue weighted by Gasteiger charge is -2.21. The summed E-state index contributed by atoms with van der Waals surface area (Å²) < 4.78 is 0. The van der Waals surface area contributed by atoms with Crippen molar-refractivity contribution in [2.24, 2.45) is 17.2 Å². The summed E-state index contributed by atoms with van der Waals surface area (Å²) >= 11 is 0. The number of H-pyrrole nitrogens is 2. The Labute approximate surface area is 218 Å². The third kappa shape index (κ3) is 10.4. The Bertz CT molecular complexity index is 1040. The molecule has 0 aliphatic rings. The first-order chi connectivity index (χ1) is 18.2. The zero-order valence-corrected chi connectivity index (χ0v) is 20.9. The van der Waals surface area contributed by atoms with Crippen LogP contribution in [0.1, 0.15) is 30.7 Å². The van der Waals surface area contributed by atoms with Crippen LogP contribution in [0.2, 0.25) is 0 Å². The summed E-state index contributed by atoms with van der Waals surface area (Å²) in [6, 6.07) is -2.84. The molecule has 12 N–H and O–H groups in total. The van der Waals surface area contributed by atoms with E-state index in [1.54, 1.807) is 6.20 Å². The minimum absolute atomic E-state index is 0.107. The van der Waals surface area contributed by atoms with Crippen molar-refractivity contribution in [3.8, 4) is 0 Å². The molecule has 208 valence electrons. The molecular formula is C22H35N11O5. The molecule has 0 bridgehead atoms. The SMILES string of the molecule is NCC(=O)N[C@@H](Cc1cnc[nH]1)C(=O)NCCCC[C@H](NC(=O)[C@H](Cc1cnc[nH]1)NC(=O)CN)C(N)=O. The van der Waals surface area contributed by atoms with Crippen molar-refractivity contribution in [1.29, 1.82) is 0 Å². The van der Waals surface area contributed by atoms with Crippen LogP contribution in [0, 0.1) is 0 Å². The first-order valence-electron chi connectivity index (χ1n) is 12.0. The lowest BCUT2D eigenvalue weighted by Crippen LogP contribution is -2.54. The number of imidazole rings is 2. The van der Waals surface area contributed by atoms with Gasteiger partial charge in [-0.1, -0.05) is 0 Å². The molecule has 2 heterocycles. The van der Waals surface area contributed by atoms with Gasteiger partial charge in [0.2, 0.25) is 29.5 Å². The number of carbonyl (C=O) groups excluding carboxylic acids is 5. The van der Waals surface area contributed by atoms with Gasteiger partial charge in [-0.3, -0.25) is 24.0 Å². The lowest BCUT2D eigenvalue weighted by atomic mass is 10.1. The zero-order valence-electron chi connectivity index (χ0n) is 20.9. The first kappa shape index (κ1) is 29.9. The summed E-state index contributed by atoms with van der Waals surface area (Å²) in [6.07, 6.45) is 7.39. The molecule has 2 aromatic rings. The second kappa shape index (κ2) is 15.7. The maximum atomic E-state index is 12.8. The monoisotopic (exact) mass is 533 g/mol. The Morgan fingerprint density at radius 2 is 1.29 bits per heavy atom. The van der Waals surface area contributed by atoms with Gasteiger partial charge in [0.1, 0.15) is 18.1 Å². The maximum Gasteiger partial charge on any atom is 0.243 e. The maximum absolute atomic E-state index is 12.8. The Morgan fingerprint density at radius 3 is 1.74 bits per heavy atom. The largest absolute Gasteiger partial charge is 0.368 e. The molecule has 2 rings (SSSR count). The van der Waals surface area contributed by atoms with Crippen molar-refractivity contribution in [3.05, 3.63) is 36.4 Å². The third-order valence-corrected chi connectivity index (χ3v) is 5.51. The van der Waals surface area contributed by atoms with Gasteiger partial charge in [-0.15, -0.1) is 0 Å². The molecule has 0 saturated carbocycles. The van der Waals surface area contributed by atoms with E-state index in [-0.39, 0.29) is 38.9 Å². The van der Waals surface area contributed by atoms with Gasteiger partial charge in [-0.05, 0) is 19.3 Å². The molecule has 0 fully saturated rings. The topological polar surface area (TPSA) is 269 Å². The smallest absolute Gasteiger partial charge is 0.243 e. The van der Waals surface area contributed by atoms with E-state index >= 15 is 0 Å². The number of nitrogens with zero attached hydrogens (tertiary/aromatic N) is 2. The van der Waals surface area contributed by atoms with E-state index < -0.39 is 47.7 Å². The van der Waals surface area contributed by atoms with Crippen LogP contribution in [0.4, 0.5) is 0 Å². The van der Waals surface area contributed by atoms with Crippen LogP contribution in [-0.2, 0) is 36.8 Å². The van der Waals surface area contributed by atoms with Gasteiger partial charge in [0, 0.05) is 43.2 Å². The number of rotatable bonds is 17. The normalized spacial score (nSPS) is 13.1. The van der Waals surface area contributed by atoms with Gasteiger partial charge in [-0.25, -0.2) is 9.97 Å². The fraction of sp³-hybridized carbons (Fsp3) is 0.500. The van der Waals surface area contributed by atoms with E-state index in [1.165, 1.54) is 18.9 Å². The molecule has 0 aliphatic heterocycles. The van der Waals surface area contributed by atoms with Gasteiger partial charge in [-0.2, -0.15) is 0 Å². The highest BCUT2D eigenvalue weighted by Crippen LogP contribution is 2.05. The van der Waals surface area contributed by atoms with E-state index in [2.05, 4.69) is 41.2 Å². The number of amides is 5. The fourth-order valence-corrected chi connectivity index (χ4v) is 3.52. The van der Waals surface area contributed by atoms with E-state index in [4.69, 9.17) is 17.2 Å². The van der Waals surface area contributed by atoms with Crippen molar-refractivity contribution in [3.63, 3.8) is 0 Å². The number of hydrogen-bond acceptors (Lipinski definition) is 9. The van der Waals surface area contributed by atoms with Crippen LogP contribution in [0.3, 0.4) is 0 Å². The molecular weight excluding hydrogens is 498 g/mol. The number of carbonyl (C=O) groups is 5. The molecule has 16 nitrogen and oxygen atoms in total. The summed E-state index contributed by atoms with van der Waals surface area (Å²) in [5, 5.41) is 10.4. The lowest BCUT2D eigenvalue weighted by molar-refractivity contribution is -0.131. The average Bonchev–Trinajstić information content (AvgIpc) is 3.61. The summed E-state index contributed by atoms with van der Waals surface area (Å²) in [7, 11) is 0. The molecule has 0 radical (unpaired) electrons. The summed E-state index contributed by atoms with van der Waals surface area (Å²) in [5.41, 5.74) is 17.4. The van der Waals surface area contributed by atoms with Gasteiger partial charge >= 0.3 is 0 Å². The van der Waals surface area contributed by atoms with Crippen LogP contribution >= 0.6 is 0 Å². The minimum Gasteiger partial charge on any atom is -0.368 e. The van der Waals surface area contributed by atoms with Crippen LogP contribution in [-0.4, -0.2) is 87.2 Å². The predicted octanol–water partition coefficient (Wildman–Crippen LogP) is -3.94. The van der Waals surface area contributed by atoms with E-state index in [0.29, 0.717) is 24.2 Å². The number of nitrogens with two attached hydrogens (primary N) is 3. The molecule has 2 aromatic heterocycles. The number of hydrogen-bond donors (Lipinski definition) is 9. The molecule has 38 heavy (non-hydrogen) atoms. The first-order valence-corrected chi connectivity index (χ1v) is 12.0. The second-order valence-corrected chi connectivity index (χ2v) is 8.46. The predicted molar refractivity (Wildman–Crippen MR) is 135 cm³/mol. The highest BCUT2D eigenvalue weighted by Gasteiger charge is 2.26. The average molecular weight is 534 g/mol. The van der Waals surface area contributed by atoms with E-state index in [9.17, 15) is 24.0 Å². The van der Waals surface area contributed by atoms with Crippen molar-refractivity contribution in [1.82, 2.24) is 41.2 Å². The Balaban J connectivity index is 1.84. The van der Waals surface area contributed by atoms with Crippen molar-refractivity contribution in [2.45, 2.75) is 50.2 Å². The number of aromatic amines is 2. The van der Waals surface area contributed by atoms with E-state index in [0.717, 1.165) is 0 Å². The Morgan fingerprint density at radius 1 is 0.763 bits per heavy atom. The molecule has 0 aromatic carbocycles. The standard InChI is InChI=1S/C22H35N11O5/c23-7-18(34)31-16(5-13-9-26-11-29-13)21(37)28-4-2-1-3-15(20(25)36)33-22(38)17(32-19(35)8-24)6-14-10-27-12-30-14/h9-12,15-17H,1-8,23-24H2,(H2,25,36)(H,26,29)(H,27,30)(H,28,37)(H,31,34)(H,32,35)(H,33,38)/t15-,16-,17-/m0/s1. The second-order valence-electron chi connectivity index (χ2n) is 8.46. The highest BCUT2D eigenvalue weighted by atomic mass is 16.2. The molecule has 16 heteroatoms. The van der Waals surface area contributed by atoms with Crippen LogP contribution in [0.15, 0.2) is 25.0 Å². The van der Waals surface area contributed by atoms with Gasteiger partial charge in [0.15, 0.2) is 0 Å². The molecule has 0 aliphatic carbocycles. The van der Waals surface area contributed by atoms with Crippen LogP contribution < -0.4 is 38.5 Å². The quantitative estimate of drug-likeness (QED) is 0.0897. The molecule has 3 atom stereocenters. The molecule has 0 spiro atoms. The summed E-state index contributed by atoms with van der Waals surface area (Å²) in [5.74, 6) is -2.76. The van der Waals surface area contributed by atoms with Gasteiger partial charge in [0.05, 0.1) is 25.7 Å². The summed E-state index contributed by atoms with van der Waals surface area (Å²) in [6.45, 7) is -0.312. The van der Waals surface area contributed by atoms with Crippen molar-refractivity contribution >= 4 is 29.5 Å². The van der Waals surface area contributed by atoms with Gasteiger partial charge < -0.3 is 48.4 Å². The molecule has 5 amide bonds. The molecule has 0 saturated heterocycles. The summed E-state index contributed by atoms with van der Waals surface area (Å²) in [4.78, 5) is 74.4. The molecule has 0 unspecified atom stereocenters. The highest BCUT2D eigenvalue weighted by molar-refractivity contribution is 5.92. The van der Waals surface area contributed by atoms with Crippen LogP contribution in [0.25, 0.3) is 0 Å². The number of nitrogens with one attached hydrogen (secondary N) is 6. The van der Waals surface area contributed by atoms with Gasteiger partial charge in [0.25, 0.3) is 0 Å². The Hall–Kier alpha value is -4.31. The van der Waals surface area contributed by atoms with E-state index in [1.807, 2.05) is 0 Å². The minimum atomic E-state index is -0.997. The fourth-order valence-electron chi connectivity index (χ4n) is 3.52. The van der Waals surface area contributed by atoms with Crippen molar-refractivity contribution < 1.29 is 24.0 Å². The zero-order chi connectivity index (χ0) is 27.9. The van der Waals surface area contributed by atoms with Crippen molar-refractivity contribution in [2.75, 3.05) is 19.6 Å². The third-order valence-electron chi connectivity index (χ3n) is 5.51. The van der Waals surface area contributed by atoms with Crippen LogP contribution in [0.5, 0.6) is 0 Å². The number of primary amides is 1.